The molecule has 9 heteroatoms. The quantitative estimate of drug-likeness (QED) is 0.828. The molecule has 0 spiro atoms. The van der Waals surface area contributed by atoms with Crippen molar-refractivity contribution in [3.8, 4) is 0 Å². The number of nitrogens with zero attached hydrogens (tertiary/aromatic N) is 1. The van der Waals surface area contributed by atoms with Gasteiger partial charge in [0.2, 0.25) is 10.0 Å². The molecule has 1 amide bonds. The molecule has 2 aromatic heterocycles. The van der Waals surface area contributed by atoms with Gasteiger partial charge in [-0.1, -0.05) is 6.07 Å². The lowest BCUT2D eigenvalue weighted by Crippen LogP contribution is -2.48. The maximum absolute atomic E-state index is 12.4. The first-order valence-corrected chi connectivity index (χ1v) is 10.0. The third-order valence-electron chi connectivity index (χ3n) is 3.61. The number of carbonyl (C=O) groups excluding carboxylic acids is 1. The molecule has 1 aliphatic heterocycles. The number of ether oxygens (including phenoxy) is 1. The van der Waals surface area contributed by atoms with Crippen LogP contribution in [0.2, 0.25) is 0 Å². The van der Waals surface area contributed by atoms with Crippen LogP contribution in [0.15, 0.2) is 40.3 Å². The van der Waals surface area contributed by atoms with E-state index in [4.69, 9.17) is 9.15 Å². The van der Waals surface area contributed by atoms with E-state index in [0.29, 0.717) is 23.8 Å². The lowest BCUT2D eigenvalue weighted by atomic mass is 10.3. The summed E-state index contributed by atoms with van der Waals surface area (Å²) in [5.74, 6) is 0.263. The number of amides is 1. The summed E-state index contributed by atoms with van der Waals surface area (Å²) in [6.45, 7) is 1.15. The molecule has 1 unspecified atom stereocenters. The van der Waals surface area contributed by atoms with Crippen LogP contribution in [0.4, 0.5) is 0 Å². The van der Waals surface area contributed by atoms with Crippen LogP contribution in [0, 0.1) is 0 Å². The van der Waals surface area contributed by atoms with Gasteiger partial charge in [-0.2, -0.15) is 0 Å². The fourth-order valence-electron chi connectivity index (χ4n) is 2.46. The molecule has 0 radical (unpaired) electrons. The Bertz CT molecular complexity index is 756. The second-order valence-electron chi connectivity index (χ2n) is 5.40. The highest BCUT2D eigenvalue weighted by molar-refractivity contribution is 7.89. The number of thiophene rings is 1. The molecule has 1 N–H and O–H groups in total. The van der Waals surface area contributed by atoms with Crippen LogP contribution < -0.4 is 4.72 Å². The van der Waals surface area contributed by atoms with Crippen molar-refractivity contribution < 1.29 is 22.4 Å². The number of rotatable bonds is 6. The van der Waals surface area contributed by atoms with Crippen LogP contribution in [0.3, 0.4) is 0 Å². The molecular weight excluding hydrogens is 352 g/mol. The van der Waals surface area contributed by atoms with Gasteiger partial charge in [-0.05, 0) is 23.6 Å². The zero-order valence-corrected chi connectivity index (χ0v) is 14.5. The Balaban J connectivity index is 1.55. The number of hydrogen-bond donors (Lipinski definition) is 1. The van der Waals surface area contributed by atoms with E-state index in [2.05, 4.69) is 4.72 Å². The lowest BCUT2D eigenvalue weighted by Gasteiger charge is -2.32. The summed E-state index contributed by atoms with van der Waals surface area (Å²) in [6, 6.07) is 6.97. The van der Waals surface area contributed by atoms with Gasteiger partial charge in [0.15, 0.2) is 0 Å². The number of sulfonamides is 1. The number of hydrogen-bond acceptors (Lipinski definition) is 6. The fourth-order valence-corrected chi connectivity index (χ4v) is 4.32. The summed E-state index contributed by atoms with van der Waals surface area (Å²) >= 11 is 1.37. The number of nitrogens with one attached hydrogen (secondary N) is 1. The second-order valence-corrected chi connectivity index (χ2v) is 8.20. The molecule has 1 atom stereocenters. The van der Waals surface area contributed by atoms with Gasteiger partial charge >= 0.3 is 0 Å². The van der Waals surface area contributed by atoms with Crippen LogP contribution in [0.1, 0.15) is 15.4 Å². The van der Waals surface area contributed by atoms with Crippen molar-refractivity contribution in [1.29, 1.82) is 0 Å². The van der Waals surface area contributed by atoms with Crippen LogP contribution in [-0.2, 0) is 21.3 Å². The smallest absolute Gasteiger partial charge is 0.264 e. The topological polar surface area (TPSA) is 88.8 Å². The van der Waals surface area contributed by atoms with Crippen LogP contribution >= 0.6 is 11.3 Å². The van der Waals surface area contributed by atoms with Gasteiger partial charge in [0.25, 0.3) is 5.91 Å². The highest BCUT2D eigenvalue weighted by Gasteiger charge is 2.29. The van der Waals surface area contributed by atoms with Crippen molar-refractivity contribution in [2.45, 2.75) is 12.6 Å². The Kier molecular flexibility index (Phi) is 5.34. The third-order valence-corrected chi connectivity index (χ3v) is 5.86. The van der Waals surface area contributed by atoms with Crippen molar-refractivity contribution in [1.82, 2.24) is 9.62 Å². The van der Waals surface area contributed by atoms with E-state index in [1.807, 2.05) is 11.4 Å². The molecule has 0 bridgehead atoms. The SMILES string of the molecule is O=C(c1cccs1)N1CCOC(CS(=O)(=O)NCc2ccco2)C1. The van der Waals surface area contributed by atoms with E-state index in [-0.39, 0.29) is 24.7 Å². The van der Waals surface area contributed by atoms with Crippen molar-refractivity contribution in [3.05, 3.63) is 46.5 Å². The predicted molar refractivity (Wildman–Crippen MR) is 89.3 cm³/mol. The standard InChI is InChI=1S/C15H18N2O5S2/c18-15(14-4-2-8-23-14)17-5-7-22-13(10-17)11-24(19,20)16-9-12-3-1-6-21-12/h1-4,6,8,13,16H,5,7,9-11H2. The second kappa shape index (κ2) is 7.47. The van der Waals surface area contributed by atoms with E-state index in [1.165, 1.54) is 17.6 Å². The average molecular weight is 370 g/mol. The Morgan fingerprint density at radius 2 is 2.25 bits per heavy atom. The number of morpholine rings is 1. The average Bonchev–Trinajstić information content (AvgIpc) is 3.26. The van der Waals surface area contributed by atoms with E-state index in [9.17, 15) is 13.2 Å². The minimum Gasteiger partial charge on any atom is -0.468 e. The van der Waals surface area contributed by atoms with Crippen molar-refractivity contribution >= 4 is 27.3 Å². The van der Waals surface area contributed by atoms with Gasteiger partial charge in [-0.15, -0.1) is 11.3 Å². The van der Waals surface area contributed by atoms with Crippen molar-refractivity contribution in [2.75, 3.05) is 25.4 Å². The van der Waals surface area contributed by atoms with E-state index in [0.717, 1.165) is 0 Å². The minimum absolute atomic E-state index is 0.0840. The molecule has 130 valence electrons. The summed E-state index contributed by atoms with van der Waals surface area (Å²) in [5.41, 5.74) is 0. The Morgan fingerprint density at radius 3 is 2.96 bits per heavy atom. The van der Waals surface area contributed by atoms with Crippen molar-refractivity contribution in [3.63, 3.8) is 0 Å². The first-order valence-electron chi connectivity index (χ1n) is 7.47. The van der Waals surface area contributed by atoms with E-state index < -0.39 is 16.1 Å². The summed E-state index contributed by atoms with van der Waals surface area (Å²) in [5, 5.41) is 1.84. The zero-order chi connectivity index (χ0) is 17.0. The van der Waals surface area contributed by atoms with Gasteiger partial charge < -0.3 is 14.1 Å². The third kappa shape index (κ3) is 4.44. The molecule has 0 saturated carbocycles. The normalized spacial score (nSPS) is 18.7. The molecule has 1 saturated heterocycles. The molecule has 1 fully saturated rings. The Morgan fingerprint density at radius 1 is 1.38 bits per heavy atom. The molecule has 3 rings (SSSR count). The molecule has 3 heterocycles. The minimum atomic E-state index is -3.53. The zero-order valence-electron chi connectivity index (χ0n) is 12.9. The molecule has 0 aromatic carbocycles. The largest absolute Gasteiger partial charge is 0.468 e. The van der Waals surface area contributed by atoms with Crippen LogP contribution in [-0.4, -0.2) is 50.8 Å². The Hall–Kier alpha value is -1.68. The highest BCUT2D eigenvalue weighted by atomic mass is 32.2. The van der Waals surface area contributed by atoms with Crippen LogP contribution in [0.5, 0.6) is 0 Å². The lowest BCUT2D eigenvalue weighted by molar-refractivity contribution is -0.0108. The monoisotopic (exact) mass is 370 g/mol. The number of carbonyl (C=O) groups is 1. The van der Waals surface area contributed by atoms with Gasteiger partial charge in [-0.3, -0.25) is 4.79 Å². The summed E-state index contributed by atoms with van der Waals surface area (Å²) in [4.78, 5) is 14.6. The van der Waals surface area contributed by atoms with Crippen molar-refractivity contribution in [2.24, 2.45) is 0 Å². The maximum Gasteiger partial charge on any atom is 0.264 e. The van der Waals surface area contributed by atoms with E-state index in [1.54, 1.807) is 23.1 Å². The molecule has 2 aromatic rings. The molecule has 24 heavy (non-hydrogen) atoms. The van der Waals surface area contributed by atoms with Gasteiger partial charge in [0.1, 0.15) is 5.76 Å². The Labute approximate surface area is 144 Å². The maximum atomic E-state index is 12.4. The summed E-state index contributed by atoms with van der Waals surface area (Å²) in [7, 11) is -3.53. The van der Waals surface area contributed by atoms with Gasteiger partial charge in [0, 0.05) is 13.1 Å². The van der Waals surface area contributed by atoms with Crippen LogP contribution in [0.25, 0.3) is 0 Å². The summed E-state index contributed by atoms with van der Waals surface area (Å²) in [6.07, 6.45) is 0.943. The van der Waals surface area contributed by atoms with Gasteiger partial charge in [0.05, 0.1) is 36.1 Å². The predicted octanol–water partition coefficient (Wildman–Crippen LogP) is 1.30. The van der Waals surface area contributed by atoms with Gasteiger partial charge in [-0.25, -0.2) is 13.1 Å². The highest BCUT2D eigenvalue weighted by Crippen LogP contribution is 2.15. The molecule has 1 aliphatic rings. The number of furan rings is 1. The molecule has 0 aliphatic carbocycles. The van der Waals surface area contributed by atoms with E-state index >= 15 is 0 Å². The molecular formula is C15H18N2O5S2. The molecule has 7 nitrogen and oxygen atoms in total. The fraction of sp³-hybridized carbons (Fsp3) is 0.400. The first-order chi connectivity index (χ1) is 11.5. The first kappa shape index (κ1) is 17.2. The summed E-state index contributed by atoms with van der Waals surface area (Å²) < 4.78 is 37.4.